The molecule has 0 aliphatic carbocycles. The summed E-state index contributed by atoms with van der Waals surface area (Å²) >= 11 is 0. The largest absolute Gasteiger partial charge is 0.458 e. The van der Waals surface area contributed by atoms with Gasteiger partial charge in [0.2, 0.25) is 0 Å². The molecule has 0 unspecified atom stereocenters. The van der Waals surface area contributed by atoms with Crippen molar-refractivity contribution in [2.45, 2.75) is 45.6 Å². The van der Waals surface area contributed by atoms with Gasteiger partial charge in [-0.1, -0.05) is 5.92 Å². The van der Waals surface area contributed by atoms with Gasteiger partial charge in [0.15, 0.2) is 17.4 Å². The first-order chi connectivity index (χ1) is 6.48. The lowest BCUT2D eigenvalue weighted by atomic mass is 10.5. The molecule has 4 heteroatoms. The van der Waals surface area contributed by atoms with E-state index in [1.807, 2.05) is 0 Å². The second-order valence-electron chi connectivity index (χ2n) is 4.23. The van der Waals surface area contributed by atoms with Gasteiger partial charge in [0.05, 0.1) is 6.61 Å². The van der Waals surface area contributed by atoms with Crippen molar-refractivity contribution >= 4 is 17.4 Å². The monoisotopic (exact) mass is 230 g/mol. The van der Waals surface area contributed by atoms with Crippen LogP contribution in [0.5, 0.6) is 0 Å². The van der Waals surface area contributed by atoms with Crippen LogP contribution < -0.4 is 0 Å². The molecule has 2 nitrogen and oxygen atoms in total. The third-order valence-electron chi connectivity index (χ3n) is 1.75. The molecule has 0 rings (SSSR count). The van der Waals surface area contributed by atoms with E-state index in [4.69, 9.17) is 8.85 Å². The summed E-state index contributed by atoms with van der Waals surface area (Å²) < 4.78 is 11.1. The van der Waals surface area contributed by atoms with E-state index in [1.54, 1.807) is 6.92 Å². The number of hydrogen-bond donors (Lipinski definition) is 0. The topological polar surface area (TPSA) is 18.5 Å². The molecule has 0 aliphatic rings. The molecule has 0 saturated heterocycles. The molecule has 0 aromatic carbocycles. The highest BCUT2D eigenvalue weighted by molar-refractivity contribution is 6.77. The molecule has 0 aromatic heterocycles. The molecule has 0 N–H and O–H groups in total. The van der Waals surface area contributed by atoms with Crippen LogP contribution in [0.1, 0.15) is 13.3 Å². The Hall–Kier alpha value is -0.246. The fourth-order valence-electron chi connectivity index (χ4n) is 1.39. The van der Waals surface area contributed by atoms with Gasteiger partial charge < -0.3 is 8.85 Å². The van der Waals surface area contributed by atoms with Crippen molar-refractivity contribution in [2.24, 2.45) is 0 Å². The van der Waals surface area contributed by atoms with E-state index in [-0.39, 0.29) is 0 Å². The van der Waals surface area contributed by atoms with Crippen molar-refractivity contribution in [3.8, 4) is 12.0 Å². The average molecular weight is 230 g/mol. The SMILES string of the molecule is CC#COCCC[Si](C)(C)O[SiH](C)C. The smallest absolute Gasteiger partial charge is 0.173 e. The minimum atomic E-state index is -1.39. The van der Waals surface area contributed by atoms with Crippen molar-refractivity contribution in [3.63, 3.8) is 0 Å². The molecule has 0 saturated carbocycles. The van der Waals surface area contributed by atoms with E-state index < -0.39 is 17.4 Å². The lowest BCUT2D eigenvalue weighted by Crippen LogP contribution is -2.35. The highest BCUT2D eigenvalue weighted by atomic mass is 28.4. The van der Waals surface area contributed by atoms with Crippen LogP contribution in [0.15, 0.2) is 0 Å². The van der Waals surface area contributed by atoms with E-state index in [0.717, 1.165) is 13.0 Å². The number of hydrogen-bond acceptors (Lipinski definition) is 2. The van der Waals surface area contributed by atoms with E-state index in [0.29, 0.717) is 0 Å². The molecule has 0 atom stereocenters. The van der Waals surface area contributed by atoms with Crippen LogP contribution in [0.3, 0.4) is 0 Å². The molecule has 14 heavy (non-hydrogen) atoms. The third kappa shape index (κ3) is 8.36. The van der Waals surface area contributed by atoms with Crippen LogP contribution in [-0.2, 0) is 8.85 Å². The van der Waals surface area contributed by atoms with Gasteiger partial charge in [-0.05, 0) is 38.7 Å². The van der Waals surface area contributed by atoms with Gasteiger partial charge in [-0.2, -0.15) is 0 Å². The predicted molar refractivity (Wildman–Crippen MR) is 66.3 cm³/mol. The molecule has 0 fully saturated rings. The zero-order valence-electron chi connectivity index (χ0n) is 10.0. The molecule has 0 bridgehead atoms. The third-order valence-corrected chi connectivity index (χ3v) is 7.75. The van der Waals surface area contributed by atoms with Crippen molar-refractivity contribution in [1.82, 2.24) is 0 Å². The fourth-order valence-corrected chi connectivity index (χ4v) is 7.96. The zero-order valence-corrected chi connectivity index (χ0v) is 12.2. The van der Waals surface area contributed by atoms with Crippen molar-refractivity contribution in [2.75, 3.05) is 6.61 Å². The Morgan fingerprint density at radius 2 is 1.93 bits per heavy atom. The van der Waals surface area contributed by atoms with E-state index >= 15 is 0 Å². The lowest BCUT2D eigenvalue weighted by molar-refractivity contribution is 0.276. The molecule has 0 aliphatic heterocycles. The van der Waals surface area contributed by atoms with Crippen LogP contribution in [0.4, 0.5) is 0 Å². The minimum absolute atomic E-state index is 0.736. The van der Waals surface area contributed by atoms with E-state index in [1.165, 1.54) is 6.04 Å². The maximum atomic E-state index is 6.03. The summed E-state index contributed by atoms with van der Waals surface area (Å²) in [6.45, 7) is 11.5. The van der Waals surface area contributed by atoms with Gasteiger partial charge in [-0.25, -0.2) is 0 Å². The van der Waals surface area contributed by atoms with Crippen molar-refractivity contribution in [1.29, 1.82) is 0 Å². The first-order valence-electron chi connectivity index (χ1n) is 5.19. The first-order valence-corrected chi connectivity index (χ1v) is 11.1. The summed E-state index contributed by atoms with van der Waals surface area (Å²) in [6.07, 6.45) is 3.67. The second kappa shape index (κ2) is 7.10. The maximum Gasteiger partial charge on any atom is 0.173 e. The van der Waals surface area contributed by atoms with Gasteiger partial charge in [-0.15, -0.1) is 0 Å². The van der Waals surface area contributed by atoms with Gasteiger partial charge in [-0.3, -0.25) is 0 Å². The Bertz CT molecular complexity index is 204. The summed E-state index contributed by atoms with van der Waals surface area (Å²) in [5.74, 6) is 2.71. The normalized spacial score (nSPS) is 11.0. The van der Waals surface area contributed by atoms with Crippen LogP contribution in [0, 0.1) is 12.0 Å². The Labute approximate surface area is 90.9 Å². The predicted octanol–water partition coefficient (Wildman–Crippen LogP) is 2.58. The summed E-state index contributed by atoms with van der Waals surface area (Å²) in [5, 5.41) is 0. The first kappa shape index (κ1) is 13.8. The molecule has 0 heterocycles. The van der Waals surface area contributed by atoms with Gasteiger partial charge in [0.25, 0.3) is 0 Å². The van der Waals surface area contributed by atoms with E-state index in [9.17, 15) is 0 Å². The van der Waals surface area contributed by atoms with Crippen LogP contribution in [0.2, 0.25) is 32.2 Å². The average Bonchev–Trinajstić information content (AvgIpc) is 2.01. The minimum Gasteiger partial charge on any atom is -0.458 e. The lowest BCUT2D eigenvalue weighted by Gasteiger charge is -2.25. The standard InChI is InChI=1S/C10H22O2Si2/c1-6-8-11-9-7-10-14(4,5)12-13(2)3/h13H,7,9-10H2,1-5H3. The highest BCUT2D eigenvalue weighted by Gasteiger charge is 2.22. The quantitative estimate of drug-likeness (QED) is 0.397. The molecule has 0 aromatic rings. The Kier molecular flexibility index (Phi) is 6.97. The molecular weight excluding hydrogens is 208 g/mol. The summed E-state index contributed by atoms with van der Waals surface area (Å²) in [6, 6.07) is 1.17. The Balaban J connectivity index is 3.58. The van der Waals surface area contributed by atoms with Crippen molar-refractivity contribution in [3.05, 3.63) is 0 Å². The van der Waals surface area contributed by atoms with Gasteiger partial charge in [0, 0.05) is 6.92 Å². The second-order valence-corrected chi connectivity index (χ2v) is 11.3. The molecule has 0 amide bonds. The summed E-state index contributed by atoms with van der Waals surface area (Å²) in [5.41, 5.74) is 0. The zero-order chi connectivity index (χ0) is 11.0. The molecular formula is C10H22O2Si2. The summed E-state index contributed by atoms with van der Waals surface area (Å²) in [7, 11) is -2.26. The molecule has 0 radical (unpaired) electrons. The Morgan fingerprint density at radius 1 is 1.29 bits per heavy atom. The van der Waals surface area contributed by atoms with Crippen molar-refractivity contribution < 1.29 is 8.85 Å². The molecule has 0 spiro atoms. The van der Waals surface area contributed by atoms with E-state index in [2.05, 4.69) is 38.2 Å². The maximum absolute atomic E-state index is 6.03. The highest BCUT2D eigenvalue weighted by Crippen LogP contribution is 2.14. The fraction of sp³-hybridized carbons (Fsp3) is 0.800. The van der Waals surface area contributed by atoms with Gasteiger partial charge >= 0.3 is 0 Å². The van der Waals surface area contributed by atoms with Crippen LogP contribution >= 0.6 is 0 Å². The number of rotatable bonds is 6. The van der Waals surface area contributed by atoms with Crippen LogP contribution in [-0.4, -0.2) is 24.0 Å². The van der Waals surface area contributed by atoms with Crippen LogP contribution in [0.25, 0.3) is 0 Å². The number of ether oxygens (including phenoxy) is 1. The summed E-state index contributed by atoms with van der Waals surface area (Å²) in [4.78, 5) is 0. The molecule has 82 valence electrons. The van der Waals surface area contributed by atoms with Gasteiger partial charge in [0.1, 0.15) is 6.11 Å². The Morgan fingerprint density at radius 3 is 2.43 bits per heavy atom.